The van der Waals surface area contributed by atoms with Gasteiger partial charge in [-0.15, -0.1) is 0 Å². The van der Waals surface area contributed by atoms with Crippen LogP contribution in [0.2, 0.25) is 0 Å². The number of hydrogen-bond acceptors (Lipinski definition) is 5. The molecule has 0 radical (unpaired) electrons. The lowest BCUT2D eigenvalue weighted by atomic mass is 9.97. The molecule has 6 heteroatoms. The molecule has 0 aliphatic heterocycles. The highest BCUT2D eigenvalue weighted by Gasteiger charge is 2.19. The molecule has 0 unspecified atom stereocenters. The van der Waals surface area contributed by atoms with Crippen LogP contribution in [0, 0.1) is 5.92 Å². The lowest BCUT2D eigenvalue weighted by Gasteiger charge is -2.20. The largest absolute Gasteiger partial charge is 0.504 e. The molecule has 0 aromatic heterocycles. The van der Waals surface area contributed by atoms with E-state index < -0.39 is 12.2 Å². The third-order valence-electron chi connectivity index (χ3n) is 3.96. The number of benzene rings is 1. The Hall–Kier alpha value is -1.79. The van der Waals surface area contributed by atoms with Crippen LogP contribution in [0.15, 0.2) is 18.2 Å². The number of ether oxygens (including phenoxy) is 1. The Morgan fingerprint density at radius 3 is 2.58 bits per heavy atom. The standard InChI is InChI=1S/C18H29NO5/c1-12(2)18(23)15(21)6-4-5-7-17(22)19-11-13-8-9-14(20)16(10-13)24-3/h8-10,12,15,18,20-21,23H,4-7,11H2,1-3H3,(H,19,22)/t15-,18-/m1/s1. The second-order valence-electron chi connectivity index (χ2n) is 6.33. The van der Waals surface area contributed by atoms with Gasteiger partial charge >= 0.3 is 0 Å². The summed E-state index contributed by atoms with van der Waals surface area (Å²) in [6.45, 7) is 4.09. The van der Waals surface area contributed by atoms with Crippen molar-refractivity contribution in [3.05, 3.63) is 23.8 Å². The van der Waals surface area contributed by atoms with E-state index in [1.807, 2.05) is 13.8 Å². The molecule has 0 aliphatic rings. The summed E-state index contributed by atoms with van der Waals surface area (Å²) in [6.07, 6.45) is 0.750. The second-order valence-corrected chi connectivity index (χ2v) is 6.33. The summed E-state index contributed by atoms with van der Waals surface area (Å²) in [4.78, 5) is 11.8. The number of hydrogen-bond donors (Lipinski definition) is 4. The number of rotatable bonds is 10. The van der Waals surface area contributed by atoms with Crippen molar-refractivity contribution in [3.8, 4) is 11.5 Å². The van der Waals surface area contributed by atoms with Crippen LogP contribution in [0.4, 0.5) is 0 Å². The van der Waals surface area contributed by atoms with E-state index in [0.717, 1.165) is 5.56 Å². The van der Waals surface area contributed by atoms with Crippen LogP contribution in [0.25, 0.3) is 0 Å². The Morgan fingerprint density at radius 2 is 1.96 bits per heavy atom. The predicted octanol–water partition coefficient (Wildman–Crippen LogP) is 1.96. The molecule has 0 fully saturated rings. The van der Waals surface area contributed by atoms with Crippen LogP contribution < -0.4 is 10.1 Å². The van der Waals surface area contributed by atoms with E-state index >= 15 is 0 Å². The van der Waals surface area contributed by atoms with E-state index in [-0.39, 0.29) is 17.6 Å². The summed E-state index contributed by atoms with van der Waals surface area (Å²) in [5.41, 5.74) is 0.841. The molecule has 136 valence electrons. The number of carbonyl (C=O) groups excluding carboxylic acids is 1. The van der Waals surface area contributed by atoms with Gasteiger partial charge in [0.2, 0.25) is 5.91 Å². The van der Waals surface area contributed by atoms with Crippen LogP contribution in [0.5, 0.6) is 11.5 Å². The zero-order valence-electron chi connectivity index (χ0n) is 14.7. The van der Waals surface area contributed by atoms with E-state index in [0.29, 0.717) is 38.0 Å². The van der Waals surface area contributed by atoms with Gasteiger partial charge < -0.3 is 25.4 Å². The van der Waals surface area contributed by atoms with Crippen molar-refractivity contribution < 1.29 is 24.9 Å². The van der Waals surface area contributed by atoms with Crippen molar-refractivity contribution in [2.75, 3.05) is 7.11 Å². The average Bonchev–Trinajstić information content (AvgIpc) is 2.56. The molecule has 4 N–H and O–H groups in total. The van der Waals surface area contributed by atoms with Gasteiger partial charge in [-0.25, -0.2) is 0 Å². The van der Waals surface area contributed by atoms with Crippen LogP contribution in [0.3, 0.4) is 0 Å². The first kappa shape index (κ1) is 20.3. The fourth-order valence-corrected chi connectivity index (χ4v) is 2.38. The van der Waals surface area contributed by atoms with Crippen LogP contribution in [-0.2, 0) is 11.3 Å². The smallest absolute Gasteiger partial charge is 0.220 e. The van der Waals surface area contributed by atoms with Gasteiger partial charge in [-0.3, -0.25) is 4.79 Å². The Bertz CT molecular complexity index is 518. The molecule has 1 rings (SSSR count). The molecule has 1 aromatic carbocycles. The van der Waals surface area contributed by atoms with Crippen molar-refractivity contribution in [2.24, 2.45) is 5.92 Å². The third kappa shape index (κ3) is 6.76. The highest BCUT2D eigenvalue weighted by atomic mass is 16.5. The number of unbranched alkanes of at least 4 members (excludes halogenated alkanes) is 1. The highest BCUT2D eigenvalue weighted by Crippen LogP contribution is 2.26. The summed E-state index contributed by atoms with van der Waals surface area (Å²) in [7, 11) is 1.47. The molecular weight excluding hydrogens is 310 g/mol. The minimum atomic E-state index is -0.738. The number of carbonyl (C=O) groups is 1. The molecule has 1 aromatic rings. The minimum Gasteiger partial charge on any atom is -0.504 e. The summed E-state index contributed by atoms with van der Waals surface area (Å²) >= 11 is 0. The maximum absolute atomic E-state index is 11.8. The van der Waals surface area contributed by atoms with Crippen molar-refractivity contribution in [1.82, 2.24) is 5.32 Å². The van der Waals surface area contributed by atoms with Crippen molar-refractivity contribution in [2.45, 2.75) is 58.3 Å². The number of phenolic OH excluding ortho intramolecular Hbond substituents is 1. The monoisotopic (exact) mass is 339 g/mol. The number of aliphatic hydroxyl groups is 2. The van der Waals surface area contributed by atoms with Crippen LogP contribution in [-0.4, -0.2) is 40.5 Å². The molecular formula is C18H29NO5. The number of aliphatic hydroxyl groups excluding tert-OH is 2. The molecule has 0 saturated heterocycles. The fraction of sp³-hybridized carbons (Fsp3) is 0.611. The zero-order valence-corrected chi connectivity index (χ0v) is 14.7. The molecule has 2 atom stereocenters. The van der Waals surface area contributed by atoms with Gasteiger partial charge in [-0.1, -0.05) is 26.3 Å². The number of methoxy groups -OCH3 is 1. The average molecular weight is 339 g/mol. The minimum absolute atomic E-state index is 0.0191. The van der Waals surface area contributed by atoms with Gasteiger partial charge in [0.05, 0.1) is 19.3 Å². The first-order chi connectivity index (χ1) is 11.3. The Morgan fingerprint density at radius 1 is 1.25 bits per heavy atom. The van der Waals surface area contributed by atoms with Gasteiger partial charge in [-0.2, -0.15) is 0 Å². The first-order valence-corrected chi connectivity index (χ1v) is 8.33. The number of phenols is 1. The van der Waals surface area contributed by atoms with Gasteiger partial charge in [0.25, 0.3) is 0 Å². The molecule has 1 amide bonds. The second kappa shape index (κ2) is 10.2. The fourth-order valence-electron chi connectivity index (χ4n) is 2.38. The summed E-state index contributed by atoms with van der Waals surface area (Å²) in [5.74, 6) is 0.390. The van der Waals surface area contributed by atoms with Crippen molar-refractivity contribution in [3.63, 3.8) is 0 Å². The van der Waals surface area contributed by atoms with Gasteiger partial charge in [0, 0.05) is 13.0 Å². The molecule has 0 heterocycles. The molecule has 0 saturated carbocycles. The lowest BCUT2D eigenvalue weighted by molar-refractivity contribution is -0.121. The highest BCUT2D eigenvalue weighted by molar-refractivity contribution is 5.75. The molecule has 0 aliphatic carbocycles. The quantitative estimate of drug-likeness (QED) is 0.488. The van der Waals surface area contributed by atoms with Crippen molar-refractivity contribution >= 4 is 5.91 Å². The van der Waals surface area contributed by atoms with Crippen LogP contribution >= 0.6 is 0 Å². The van der Waals surface area contributed by atoms with E-state index in [2.05, 4.69) is 5.32 Å². The summed E-state index contributed by atoms with van der Waals surface area (Å²) < 4.78 is 5.02. The molecule has 0 bridgehead atoms. The first-order valence-electron chi connectivity index (χ1n) is 8.33. The molecule has 6 nitrogen and oxygen atoms in total. The Labute approximate surface area is 143 Å². The maximum atomic E-state index is 11.8. The predicted molar refractivity (Wildman–Crippen MR) is 91.8 cm³/mol. The topological polar surface area (TPSA) is 99.0 Å². The van der Waals surface area contributed by atoms with E-state index in [1.54, 1.807) is 12.1 Å². The zero-order chi connectivity index (χ0) is 18.1. The number of nitrogens with one attached hydrogen (secondary N) is 1. The molecule has 24 heavy (non-hydrogen) atoms. The Balaban J connectivity index is 2.25. The van der Waals surface area contributed by atoms with E-state index in [9.17, 15) is 20.1 Å². The number of amides is 1. The van der Waals surface area contributed by atoms with Gasteiger partial charge in [0.15, 0.2) is 11.5 Å². The Kier molecular flexibility index (Phi) is 8.57. The van der Waals surface area contributed by atoms with E-state index in [4.69, 9.17) is 4.74 Å². The normalized spacial score (nSPS) is 13.6. The van der Waals surface area contributed by atoms with E-state index in [1.165, 1.54) is 13.2 Å². The summed E-state index contributed by atoms with van der Waals surface area (Å²) in [5, 5.41) is 31.8. The van der Waals surface area contributed by atoms with Gasteiger partial charge in [0.1, 0.15) is 0 Å². The molecule has 0 spiro atoms. The van der Waals surface area contributed by atoms with Gasteiger partial charge in [-0.05, 0) is 36.5 Å². The lowest BCUT2D eigenvalue weighted by Crippen LogP contribution is -2.30. The third-order valence-corrected chi connectivity index (χ3v) is 3.96. The van der Waals surface area contributed by atoms with Crippen molar-refractivity contribution in [1.29, 1.82) is 0 Å². The SMILES string of the molecule is COc1cc(CNC(=O)CCCC[C@@H](O)[C@H](O)C(C)C)ccc1O. The number of aromatic hydroxyl groups is 1. The van der Waals surface area contributed by atoms with Crippen LogP contribution in [0.1, 0.15) is 45.1 Å². The summed E-state index contributed by atoms with van der Waals surface area (Å²) in [6, 6.07) is 4.93. The maximum Gasteiger partial charge on any atom is 0.220 e.